The molecule has 0 saturated heterocycles. The van der Waals surface area contributed by atoms with Gasteiger partial charge in [0.15, 0.2) is 0 Å². The van der Waals surface area contributed by atoms with Crippen molar-refractivity contribution in [1.29, 1.82) is 0 Å². The Morgan fingerprint density at radius 2 is 1.00 bits per heavy atom. The third-order valence-corrected chi connectivity index (χ3v) is 18.3. The molecule has 382 valence electrons. The molecule has 18 rings (SSSR count). The lowest BCUT2D eigenvalue weighted by molar-refractivity contribution is 0.669. The molecule has 1 aliphatic heterocycles. The molecular formula is C78H49N3O. The maximum atomic E-state index is 6.58. The number of hydrogen-bond acceptors (Lipinski definition) is 2. The topological polar surface area (TPSA) is 26.2 Å². The maximum Gasteiger partial charge on any atom is 0.137 e. The lowest BCUT2D eigenvalue weighted by Gasteiger charge is -2.29. The van der Waals surface area contributed by atoms with E-state index in [-0.39, 0.29) is 0 Å². The number of benzene rings is 13. The van der Waals surface area contributed by atoms with Crippen LogP contribution in [0.2, 0.25) is 0 Å². The molecule has 3 aromatic heterocycles. The lowest BCUT2D eigenvalue weighted by Crippen LogP contribution is -2.22. The van der Waals surface area contributed by atoms with Gasteiger partial charge in [-0.2, -0.15) is 0 Å². The molecule has 4 nitrogen and oxygen atoms in total. The lowest BCUT2D eigenvalue weighted by atomic mass is 9.73. The first kappa shape index (κ1) is 45.2. The zero-order chi connectivity index (χ0) is 53.8. The highest BCUT2D eigenvalue weighted by atomic mass is 16.3. The van der Waals surface area contributed by atoms with Gasteiger partial charge < -0.3 is 18.5 Å². The molecule has 82 heavy (non-hydrogen) atoms. The summed E-state index contributed by atoms with van der Waals surface area (Å²) in [5, 5.41) is 9.53. The van der Waals surface area contributed by atoms with Crippen molar-refractivity contribution in [3.8, 4) is 55.9 Å². The molecule has 0 spiro atoms. The fraction of sp³-hybridized carbons (Fsp3) is 0.0256. The molecule has 1 atom stereocenters. The van der Waals surface area contributed by atoms with Gasteiger partial charge in [-0.15, -0.1) is 0 Å². The van der Waals surface area contributed by atoms with Crippen molar-refractivity contribution in [1.82, 2.24) is 9.13 Å². The molecule has 0 N–H and O–H groups in total. The molecule has 0 radical (unpaired) electrons. The van der Waals surface area contributed by atoms with Crippen LogP contribution in [0.3, 0.4) is 0 Å². The number of rotatable bonds is 7. The van der Waals surface area contributed by atoms with Gasteiger partial charge in [0.25, 0.3) is 0 Å². The Labute approximate surface area is 473 Å². The summed E-state index contributed by atoms with van der Waals surface area (Å²) in [5.74, 6) is 0. The van der Waals surface area contributed by atoms with Crippen molar-refractivity contribution in [2.24, 2.45) is 0 Å². The Hall–Kier alpha value is -10.7. The number of para-hydroxylation sites is 4. The van der Waals surface area contributed by atoms with E-state index >= 15 is 0 Å². The maximum absolute atomic E-state index is 6.58. The van der Waals surface area contributed by atoms with Crippen molar-refractivity contribution in [3.05, 3.63) is 296 Å². The Balaban J connectivity index is 0.825. The second-order valence-corrected chi connectivity index (χ2v) is 22.5. The van der Waals surface area contributed by atoms with Crippen molar-refractivity contribution in [3.63, 3.8) is 0 Å². The van der Waals surface area contributed by atoms with Crippen LogP contribution in [0, 0.1) is 0 Å². The van der Waals surface area contributed by atoms with Crippen LogP contribution in [-0.4, -0.2) is 9.13 Å². The molecule has 16 aromatic rings. The molecule has 13 aromatic carbocycles. The Morgan fingerprint density at radius 3 is 1.83 bits per heavy atom. The molecule has 0 amide bonds. The fourth-order valence-electron chi connectivity index (χ4n) is 14.7. The van der Waals surface area contributed by atoms with Crippen LogP contribution < -0.4 is 4.90 Å². The van der Waals surface area contributed by atoms with E-state index < -0.39 is 5.41 Å². The molecule has 0 fully saturated rings. The van der Waals surface area contributed by atoms with Crippen LogP contribution in [0.5, 0.6) is 0 Å². The summed E-state index contributed by atoms with van der Waals surface area (Å²) in [4.78, 5) is 2.42. The van der Waals surface area contributed by atoms with E-state index in [0.717, 1.165) is 50.1 Å². The van der Waals surface area contributed by atoms with E-state index in [0.29, 0.717) is 0 Å². The van der Waals surface area contributed by atoms with Gasteiger partial charge in [0.1, 0.15) is 11.2 Å². The van der Waals surface area contributed by atoms with Crippen LogP contribution in [0.4, 0.5) is 17.1 Å². The number of aromatic nitrogens is 2. The normalized spacial score (nSPS) is 14.2. The summed E-state index contributed by atoms with van der Waals surface area (Å²) in [7, 11) is 0. The average molecular weight is 1040 g/mol. The predicted molar refractivity (Wildman–Crippen MR) is 342 cm³/mol. The van der Waals surface area contributed by atoms with E-state index in [4.69, 9.17) is 4.42 Å². The first-order valence-electron chi connectivity index (χ1n) is 28.4. The summed E-state index contributed by atoms with van der Waals surface area (Å²) >= 11 is 0. The van der Waals surface area contributed by atoms with Crippen LogP contribution in [0.25, 0.3) is 132 Å². The number of furan rings is 1. The summed E-state index contributed by atoms with van der Waals surface area (Å²) < 4.78 is 11.6. The molecule has 0 bridgehead atoms. The zero-order valence-electron chi connectivity index (χ0n) is 44.8. The average Bonchev–Trinajstić information content (AvgIpc) is 1.87. The van der Waals surface area contributed by atoms with Crippen molar-refractivity contribution >= 4 is 93.4 Å². The number of nitrogens with zero attached hydrogens (tertiary/aromatic N) is 3. The van der Waals surface area contributed by atoms with Gasteiger partial charge in [-0.3, -0.25) is 0 Å². The quantitative estimate of drug-likeness (QED) is 0.159. The van der Waals surface area contributed by atoms with Gasteiger partial charge >= 0.3 is 0 Å². The van der Waals surface area contributed by atoms with Gasteiger partial charge in [-0.1, -0.05) is 194 Å². The third kappa shape index (κ3) is 6.21. The van der Waals surface area contributed by atoms with Gasteiger partial charge in [-0.25, -0.2) is 0 Å². The first-order valence-corrected chi connectivity index (χ1v) is 28.4. The van der Waals surface area contributed by atoms with E-state index in [9.17, 15) is 0 Å². The summed E-state index contributed by atoms with van der Waals surface area (Å²) in [6, 6.07) is 103. The molecular weight excluding hydrogens is 995 g/mol. The van der Waals surface area contributed by atoms with Crippen LogP contribution in [0.15, 0.2) is 283 Å². The highest BCUT2D eigenvalue weighted by Gasteiger charge is 2.45. The summed E-state index contributed by atoms with van der Waals surface area (Å²) in [6.07, 6.45) is 0. The smallest absolute Gasteiger partial charge is 0.137 e. The Morgan fingerprint density at radius 1 is 0.366 bits per heavy atom. The van der Waals surface area contributed by atoms with Crippen molar-refractivity contribution in [2.75, 3.05) is 4.90 Å². The minimum Gasteiger partial charge on any atom is -0.456 e. The molecule has 4 heteroatoms. The largest absolute Gasteiger partial charge is 0.456 e. The van der Waals surface area contributed by atoms with Crippen molar-refractivity contribution in [2.45, 2.75) is 12.3 Å². The number of fused-ring (bicyclic) bond motifs is 13. The molecule has 0 saturated carbocycles. The minimum atomic E-state index is -0.403. The SMILES string of the molecule is CC1(c2cccc(-c3ccccc3)c2)c2cccc3c2-c2c1ccc1c4ccccc4n(c21)-c1ccc(-c2cccc4cc(N(c5cccc(-n6c7ccccc7c7ccccc76)c5)c5cccc6oc7ccccc7c56)ccc24)cc1-3. The summed E-state index contributed by atoms with van der Waals surface area (Å²) in [5.41, 5.74) is 25.6. The fourth-order valence-corrected chi connectivity index (χ4v) is 14.7. The number of hydrogen-bond donors (Lipinski definition) is 0. The highest BCUT2D eigenvalue weighted by molar-refractivity contribution is 6.20. The zero-order valence-corrected chi connectivity index (χ0v) is 44.8. The molecule has 4 heterocycles. The minimum absolute atomic E-state index is 0.403. The first-order chi connectivity index (χ1) is 40.6. The Kier molecular flexibility index (Phi) is 9.33. The van der Waals surface area contributed by atoms with E-state index in [1.807, 2.05) is 6.07 Å². The molecule has 2 aliphatic rings. The predicted octanol–water partition coefficient (Wildman–Crippen LogP) is 21.1. The van der Waals surface area contributed by atoms with Gasteiger partial charge in [-0.05, 0) is 153 Å². The van der Waals surface area contributed by atoms with Gasteiger partial charge in [0.05, 0.1) is 38.8 Å². The molecule has 1 aliphatic carbocycles. The highest BCUT2D eigenvalue weighted by Crippen LogP contribution is 2.60. The standard InChI is InChI=1S/C78H49N3O/c1-78(52-22-13-20-49(44-52)48-18-3-2-4-19-48)65-31-16-30-61-64-46-51(38-43-70(64)81-69-34-11-7-27-60(69)62-41-42-66(78)76(74(61)65)77(62)81)56-29-14-21-50-45-55(39-40-57(50)56)79(71-35-17-37-73-75(71)63-28-8-12-36-72(63)82-73)53-23-15-24-54(47-53)80-67-32-9-5-25-58(67)59-26-6-10-33-68(59)80/h2-47H,1H3. The van der Waals surface area contributed by atoms with Crippen LogP contribution in [0.1, 0.15) is 23.6 Å². The van der Waals surface area contributed by atoms with E-state index in [1.165, 1.54) is 116 Å². The second kappa shape index (κ2) is 16.9. The summed E-state index contributed by atoms with van der Waals surface area (Å²) in [6.45, 7) is 2.45. The third-order valence-electron chi connectivity index (χ3n) is 18.3. The monoisotopic (exact) mass is 1040 g/mol. The Bertz CT molecular complexity index is 5330. The molecule has 1 unspecified atom stereocenters. The van der Waals surface area contributed by atoms with E-state index in [2.05, 4.69) is 294 Å². The van der Waals surface area contributed by atoms with Crippen molar-refractivity contribution < 1.29 is 4.42 Å². The van der Waals surface area contributed by atoms with Crippen LogP contribution in [-0.2, 0) is 5.41 Å². The van der Waals surface area contributed by atoms with Gasteiger partial charge in [0, 0.05) is 60.5 Å². The van der Waals surface area contributed by atoms with Gasteiger partial charge in [0.2, 0.25) is 0 Å². The van der Waals surface area contributed by atoms with Crippen LogP contribution >= 0.6 is 0 Å². The van der Waals surface area contributed by atoms with E-state index in [1.54, 1.807) is 0 Å². The second-order valence-electron chi connectivity index (χ2n) is 22.5. The number of anilines is 3.